The molecule has 0 aromatic heterocycles. The minimum Gasteiger partial charge on any atom is -0.481 e. The summed E-state index contributed by atoms with van der Waals surface area (Å²) in [6.45, 7) is 2.32. The second-order valence-corrected chi connectivity index (χ2v) is 5.14. The van der Waals surface area contributed by atoms with E-state index in [2.05, 4.69) is 0 Å². The van der Waals surface area contributed by atoms with E-state index < -0.39 is 11.9 Å². The molecule has 1 atom stereocenters. The molecule has 3 rings (SSSR count). The van der Waals surface area contributed by atoms with E-state index in [4.69, 9.17) is 5.11 Å². The summed E-state index contributed by atoms with van der Waals surface area (Å²) in [6, 6.07) is 5.87. The molecule has 1 amide bonds. The van der Waals surface area contributed by atoms with Gasteiger partial charge in [0.05, 0.1) is 5.92 Å². The SMILES string of the molecule is CC(C(=O)O)c1ccc2c(c1)C(=O)N(C1CC1)C2. The van der Waals surface area contributed by atoms with Crippen molar-refractivity contribution in [3.05, 3.63) is 34.9 Å². The number of hydrogen-bond acceptors (Lipinski definition) is 2. The fraction of sp³-hybridized carbons (Fsp3) is 0.429. The maximum atomic E-state index is 12.2. The van der Waals surface area contributed by atoms with Crippen molar-refractivity contribution >= 4 is 11.9 Å². The third kappa shape index (κ3) is 1.68. The van der Waals surface area contributed by atoms with Crippen LogP contribution in [0.25, 0.3) is 0 Å². The fourth-order valence-corrected chi connectivity index (χ4v) is 2.43. The van der Waals surface area contributed by atoms with Crippen molar-refractivity contribution in [2.45, 2.75) is 38.3 Å². The summed E-state index contributed by atoms with van der Waals surface area (Å²) >= 11 is 0. The molecule has 1 aliphatic carbocycles. The summed E-state index contributed by atoms with van der Waals surface area (Å²) < 4.78 is 0. The quantitative estimate of drug-likeness (QED) is 0.886. The molecular formula is C14H15NO3. The van der Waals surface area contributed by atoms with Gasteiger partial charge in [-0.3, -0.25) is 9.59 Å². The van der Waals surface area contributed by atoms with Crippen molar-refractivity contribution in [2.75, 3.05) is 0 Å². The lowest BCUT2D eigenvalue weighted by Gasteiger charge is -2.13. The molecule has 4 heteroatoms. The van der Waals surface area contributed by atoms with Crippen molar-refractivity contribution in [1.29, 1.82) is 0 Å². The van der Waals surface area contributed by atoms with E-state index in [1.165, 1.54) is 0 Å². The Labute approximate surface area is 105 Å². The Bertz CT molecular complexity index is 534. The zero-order valence-electron chi connectivity index (χ0n) is 10.2. The minimum atomic E-state index is -0.862. The van der Waals surface area contributed by atoms with Crippen molar-refractivity contribution in [2.24, 2.45) is 0 Å². The van der Waals surface area contributed by atoms with Gasteiger partial charge in [0, 0.05) is 18.2 Å². The van der Waals surface area contributed by atoms with Gasteiger partial charge in [-0.2, -0.15) is 0 Å². The highest BCUT2D eigenvalue weighted by Crippen LogP contribution is 2.35. The number of aliphatic carboxylic acids is 1. The number of carbonyl (C=O) groups is 2. The molecule has 18 heavy (non-hydrogen) atoms. The molecule has 0 bridgehead atoms. The van der Waals surface area contributed by atoms with Crippen LogP contribution in [0.2, 0.25) is 0 Å². The number of carboxylic acid groups (broad SMARTS) is 1. The third-order valence-electron chi connectivity index (χ3n) is 3.82. The molecule has 4 nitrogen and oxygen atoms in total. The van der Waals surface area contributed by atoms with E-state index in [-0.39, 0.29) is 5.91 Å². The summed E-state index contributed by atoms with van der Waals surface area (Å²) in [6.07, 6.45) is 2.19. The van der Waals surface area contributed by atoms with Crippen molar-refractivity contribution in [3.8, 4) is 0 Å². The molecule has 94 valence electrons. The average molecular weight is 245 g/mol. The number of fused-ring (bicyclic) bond motifs is 1. The second kappa shape index (κ2) is 3.83. The fourth-order valence-electron chi connectivity index (χ4n) is 2.43. The second-order valence-electron chi connectivity index (χ2n) is 5.14. The number of carboxylic acids is 1. The van der Waals surface area contributed by atoms with Gasteiger partial charge in [0.15, 0.2) is 0 Å². The van der Waals surface area contributed by atoms with Gasteiger partial charge in [0.25, 0.3) is 5.91 Å². The Morgan fingerprint density at radius 2 is 2.17 bits per heavy atom. The van der Waals surface area contributed by atoms with Gasteiger partial charge in [0.2, 0.25) is 0 Å². The molecule has 1 aromatic rings. The molecule has 1 aliphatic heterocycles. The van der Waals surface area contributed by atoms with Crippen LogP contribution in [0.15, 0.2) is 18.2 Å². The van der Waals surface area contributed by atoms with Crippen LogP contribution in [0.5, 0.6) is 0 Å². The monoisotopic (exact) mass is 245 g/mol. The zero-order chi connectivity index (χ0) is 12.9. The number of amides is 1. The van der Waals surface area contributed by atoms with Gasteiger partial charge in [-0.1, -0.05) is 12.1 Å². The summed E-state index contributed by atoms with van der Waals surface area (Å²) in [5.41, 5.74) is 2.41. The molecule has 1 heterocycles. The van der Waals surface area contributed by atoms with E-state index in [1.54, 1.807) is 13.0 Å². The number of nitrogens with zero attached hydrogens (tertiary/aromatic N) is 1. The average Bonchev–Trinajstić information content (AvgIpc) is 3.14. The summed E-state index contributed by atoms with van der Waals surface area (Å²) in [4.78, 5) is 25.1. The normalized spacial score (nSPS) is 19.8. The first-order valence-electron chi connectivity index (χ1n) is 6.24. The molecule has 0 spiro atoms. The third-order valence-corrected chi connectivity index (χ3v) is 3.82. The lowest BCUT2D eigenvalue weighted by atomic mass is 9.97. The van der Waals surface area contributed by atoms with E-state index in [0.29, 0.717) is 23.7 Å². The van der Waals surface area contributed by atoms with Crippen LogP contribution in [0.4, 0.5) is 0 Å². The van der Waals surface area contributed by atoms with Crippen molar-refractivity contribution < 1.29 is 14.7 Å². The number of hydrogen-bond donors (Lipinski definition) is 1. The van der Waals surface area contributed by atoms with Gasteiger partial charge < -0.3 is 10.0 Å². The van der Waals surface area contributed by atoms with Crippen molar-refractivity contribution in [1.82, 2.24) is 4.90 Å². The van der Waals surface area contributed by atoms with Gasteiger partial charge in [-0.15, -0.1) is 0 Å². The van der Waals surface area contributed by atoms with E-state index in [1.807, 2.05) is 17.0 Å². The van der Waals surface area contributed by atoms with Crippen LogP contribution in [-0.4, -0.2) is 27.9 Å². The van der Waals surface area contributed by atoms with Crippen LogP contribution in [-0.2, 0) is 11.3 Å². The van der Waals surface area contributed by atoms with Gasteiger partial charge in [-0.05, 0) is 37.0 Å². The maximum absolute atomic E-state index is 12.2. The first-order valence-corrected chi connectivity index (χ1v) is 6.24. The first-order chi connectivity index (χ1) is 8.58. The van der Waals surface area contributed by atoms with E-state index >= 15 is 0 Å². The minimum absolute atomic E-state index is 0.0620. The van der Waals surface area contributed by atoms with Gasteiger partial charge in [-0.25, -0.2) is 0 Å². The molecule has 1 aromatic carbocycles. The largest absolute Gasteiger partial charge is 0.481 e. The Morgan fingerprint density at radius 1 is 1.44 bits per heavy atom. The first kappa shape index (κ1) is 11.3. The highest BCUT2D eigenvalue weighted by Gasteiger charge is 2.38. The summed E-state index contributed by atoms with van der Waals surface area (Å²) in [5.74, 6) is -1.37. The molecular weight excluding hydrogens is 230 g/mol. The molecule has 1 fully saturated rings. The van der Waals surface area contributed by atoms with Crippen LogP contribution >= 0.6 is 0 Å². The Hall–Kier alpha value is -1.84. The highest BCUT2D eigenvalue weighted by atomic mass is 16.4. The summed E-state index contributed by atoms with van der Waals surface area (Å²) in [7, 11) is 0. The predicted molar refractivity (Wildman–Crippen MR) is 65.4 cm³/mol. The van der Waals surface area contributed by atoms with Crippen LogP contribution in [0.3, 0.4) is 0 Å². The zero-order valence-corrected chi connectivity index (χ0v) is 10.2. The number of carbonyl (C=O) groups excluding carboxylic acids is 1. The van der Waals surface area contributed by atoms with Crippen LogP contribution in [0, 0.1) is 0 Å². The Balaban J connectivity index is 1.93. The van der Waals surface area contributed by atoms with Gasteiger partial charge in [0.1, 0.15) is 0 Å². The number of rotatable bonds is 3. The predicted octanol–water partition coefficient (Wildman–Crippen LogP) is 1.99. The maximum Gasteiger partial charge on any atom is 0.310 e. The molecule has 0 saturated heterocycles. The van der Waals surface area contributed by atoms with Crippen LogP contribution in [0.1, 0.15) is 47.2 Å². The Morgan fingerprint density at radius 3 is 2.78 bits per heavy atom. The molecule has 1 N–H and O–H groups in total. The lowest BCUT2D eigenvalue weighted by molar-refractivity contribution is -0.138. The highest BCUT2D eigenvalue weighted by molar-refractivity contribution is 5.99. The molecule has 0 radical (unpaired) electrons. The molecule has 1 unspecified atom stereocenters. The summed E-state index contributed by atoms with van der Waals surface area (Å²) in [5, 5.41) is 9.00. The van der Waals surface area contributed by atoms with Crippen LogP contribution < -0.4 is 0 Å². The Kier molecular flexibility index (Phi) is 2.40. The number of benzene rings is 1. The molecule has 2 aliphatic rings. The van der Waals surface area contributed by atoms with Crippen molar-refractivity contribution in [3.63, 3.8) is 0 Å². The van der Waals surface area contributed by atoms with E-state index in [0.717, 1.165) is 18.4 Å². The van der Waals surface area contributed by atoms with Gasteiger partial charge >= 0.3 is 5.97 Å². The molecule has 1 saturated carbocycles. The van der Waals surface area contributed by atoms with E-state index in [9.17, 15) is 9.59 Å². The topological polar surface area (TPSA) is 57.6 Å². The lowest BCUT2D eigenvalue weighted by Crippen LogP contribution is -2.25. The standard InChI is InChI=1S/C14H15NO3/c1-8(14(17)18)9-2-3-10-7-15(11-4-5-11)13(16)12(10)6-9/h2-3,6,8,11H,4-5,7H2,1H3,(H,17,18). The smallest absolute Gasteiger partial charge is 0.310 e.